The van der Waals surface area contributed by atoms with Crippen LogP contribution in [0, 0.1) is 5.92 Å². The van der Waals surface area contributed by atoms with Crippen molar-refractivity contribution in [3.8, 4) is 5.75 Å². The normalized spacial score (nSPS) is 10.7. The standard InChI is InChI=1S/C17H19Cl3O6/c1-3-9(4-2)6-5-7-25-16(23)12-13(20)10(18)8-11(19)14(12)26-17(24)15(21)22/h8-9H,3-7H2,1-2H3,(H,21,22). The van der Waals surface area contributed by atoms with Crippen LogP contribution in [0.4, 0.5) is 0 Å². The summed E-state index contributed by atoms with van der Waals surface area (Å²) in [5.74, 6) is -4.33. The average molecular weight is 426 g/mol. The average Bonchev–Trinajstić information content (AvgIpc) is 2.59. The van der Waals surface area contributed by atoms with Crippen LogP contribution in [0.5, 0.6) is 5.75 Å². The Morgan fingerprint density at radius 2 is 1.73 bits per heavy atom. The number of ether oxygens (including phenoxy) is 2. The Bertz CT molecular complexity index is 686. The molecule has 0 aromatic heterocycles. The number of carboxylic acids is 1. The Morgan fingerprint density at radius 3 is 2.27 bits per heavy atom. The summed E-state index contributed by atoms with van der Waals surface area (Å²) in [7, 11) is 0. The van der Waals surface area contributed by atoms with Gasteiger partial charge >= 0.3 is 17.9 Å². The largest absolute Gasteiger partial charge is 0.473 e. The van der Waals surface area contributed by atoms with Crippen molar-refractivity contribution in [3.05, 3.63) is 26.7 Å². The van der Waals surface area contributed by atoms with E-state index in [9.17, 15) is 14.4 Å². The highest BCUT2D eigenvalue weighted by Crippen LogP contribution is 2.39. The van der Waals surface area contributed by atoms with Crippen LogP contribution in [-0.4, -0.2) is 29.6 Å². The zero-order chi connectivity index (χ0) is 19.9. The monoisotopic (exact) mass is 424 g/mol. The molecule has 0 heterocycles. The maximum atomic E-state index is 12.4. The SMILES string of the molecule is CCC(CC)CCCOC(=O)c1c(Cl)c(Cl)cc(Cl)c1OC(=O)C(=O)O. The molecule has 0 aliphatic rings. The zero-order valence-corrected chi connectivity index (χ0v) is 16.6. The zero-order valence-electron chi connectivity index (χ0n) is 14.3. The molecule has 0 fully saturated rings. The second-order valence-electron chi connectivity index (χ2n) is 5.51. The van der Waals surface area contributed by atoms with Crippen molar-refractivity contribution < 1.29 is 29.0 Å². The Morgan fingerprint density at radius 1 is 1.12 bits per heavy atom. The first-order valence-corrected chi connectivity index (χ1v) is 9.15. The number of carboxylic acid groups (broad SMARTS) is 1. The summed E-state index contributed by atoms with van der Waals surface area (Å²) in [4.78, 5) is 34.4. The number of hydrogen-bond acceptors (Lipinski definition) is 5. The molecule has 0 unspecified atom stereocenters. The van der Waals surface area contributed by atoms with Crippen LogP contribution in [0.2, 0.25) is 15.1 Å². The molecule has 6 nitrogen and oxygen atoms in total. The predicted molar refractivity (Wildman–Crippen MR) is 98.3 cm³/mol. The maximum Gasteiger partial charge on any atom is 0.422 e. The maximum absolute atomic E-state index is 12.4. The lowest BCUT2D eigenvalue weighted by Crippen LogP contribution is -2.21. The van der Waals surface area contributed by atoms with Crippen LogP contribution in [0.3, 0.4) is 0 Å². The highest BCUT2D eigenvalue weighted by atomic mass is 35.5. The van der Waals surface area contributed by atoms with Crippen LogP contribution in [-0.2, 0) is 14.3 Å². The Kier molecular flexibility index (Phi) is 9.19. The van der Waals surface area contributed by atoms with Crippen molar-refractivity contribution in [1.29, 1.82) is 0 Å². The Hall–Kier alpha value is -1.50. The Balaban J connectivity index is 2.96. The van der Waals surface area contributed by atoms with Gasteiger partial charge in [0.15, 0.2) is 5.75 Å². The summed E-state index contributed by atoms with van der Waals surface area (Å²) < 4.78 is 9.82. The predicted octanol–water partition coefficient (Wildman–Crippen LogP) is 5.01. The molecule has 1 aromatic rings. The Labute approximate surface area is 166 Å². The molecule has 0 saturated heterocycles. The van der Waals surface area contributed by atoms with E-state index in [1.807, 2.05) is 0 Å². The van der Waals surface area contributed by atoms with Crippen LogP contribution >= 0.6 is 34.8 Å². The van der Waals surface area contributed by atoms with Gasteiger partial charge < -0.3 is 14.6 Å². The summed E-state index contributed by atoms with van der Waals surface area (Å²) in [5, 5.41) is 8.13. The van der Waals surface area contributed by atoms with Crippen molar-refractivity contribution in [1.82, 2.24) is 0 Å². The fourth-order valence-electron chi connectivity index (χ4n) is 2.30. The number of carbonyl (C=O) groups excluding carboxylic acids is 2. The van der Waals surface area contributed by atoms with E-state index in [1.54, 1.807) is 0 Å². The van der Waals surface area contributed by atoms with Crippen molar-refractivity contribution in [2.24, 2.45) is 5.92 Å². The van der Waals surface area contributed by atoms with E-state index in [0.717, 1.165) is 25.3 Å². The molecule has 0 aliphatic carbocycles. The van der Waals surface area contributed by atoms with Gasteiger partial charge in [-0.05, 0) is 24.8 Å². The van der Waals surface area contributed by atoms with E-state index >= 15 is 0 Å². The molecule has 0 atom stereocenters. The molecule has 1 rings (SSSR count). The number of aliphatic carboxylic acids is 1. The van der Waals surface area contributed by atoms with Gasteiger partial charge in [0.05, 0.1) is 21.7 Å². The van der Waals surface area contributed by atoms with Gasteiger partial charge in [0.2, 0.25) is 0 Å². The molecule has 0 spiro atoms. The fraction of sp³-hybridized carbons (Fsp3) is 0.471. The minimum Gasteiger partial charge on any atom is -0.473 e. The molecule has 0 aliphatic heterocycles. The number of benzene rings is 1. The number of hydrogen-bond donors (Lipinski definition) is 1. The number of carbonyl (C=O) groups is 3. The van der Waals surface area contributed by atoms with Crippen molar-refractivity contribution >= 4 is 52.7 Å². The molecular formula is C17H19Cl3O6. The summed E-state index contributed by atoms with van der Waals surface area (Å²) in [6.45, 7) is 4.32. The van der Waals surface area contributed by atoms with Crippen molar-refractivity contribution in [2.75, 3.05) is 6.61 Å². The first kappa shape index (κ1) is 22.5. The van der Waals surface area contributed by atoms with E-state index in [2.05, 4.69) is 18.6 Å². The van der Waals surface area contributed by atoms with E-state index < -0.39 is 23.7 Å². The highest BCUT2D eigenvalue weighted by Gasteiger charge is 2.27. The molecule has 144 valence electrons. The van der Waals surface area contributed by atoms with Gasteiger partial charge in [0.1, 0.15) is 5.56 Å². The highest BCUT2D eigenvalue weighted by molar-refractivity contribution is 6.46. The van der Waals surface area contributed by atoms with Gasteiger partial charge in [-0.2, -0.15) is 0 Å². The first-order chi connectivity index (χ1) is 12.2. The second-order valence-corrected chi connectivity index (χ2v) is 6.71. The van der Waals surface area contributed by atoms with Gasteiger partial charge in [-0.1, -0.05) is 61.5 Å². The lowest BCUT2D eigenvalue weighted by molar-refractivity contribution is -0.158. The molecule has 9 heteroatoms. The van der Waals surface area contributed by atoms with Gasteiger partial charge in [-0.15, -0.1) is 0 Å². The number of esters is 2. The minimum atomic E-state index is -1.85. The summed E-state index contributed by atoms with van der Waals surface area (Å²) in [6.07, 6.45) is 3.62. The third kappa shape index (κ3) is 6.04. The van der Waals surface area contributed by atoms with Crippen LogP contribution < -0.4 is 4.74 Å². The summed E-state index contributed by atoms with van der Waals surface area (Å²) in [5.41, 5.74) is -0.388. The van der Waals surface area contributed by atoms with E-state index in [4.69, 9.17) is 44.6 Å². The van der Waals surface area contributed by atoms with Gasteiger partial charge in [0.25, 0.3) is 0 Å². The van der Waals surface area contributed by atoms with Gasteiger partial charge in [-0.3, -0.25) is 0 Å². The molecule has 1 N–H and O–H groups in total. The van der Waals surface area contributed by atoms with E-state index in [-0.39, 0.29) is 27.2 Å². The van der Waals surface area contributed by atoms with Gasteiger partial charge in [-0.25, -0.2) is 14.4 Å². The first-order valence-electron chi connectivity index (χ1n) is 8.02. The molecule has 0 saturated carbocycles. The van der Waals surface area contributed by atoms with Crippen LogP contribution in [0.1, 0.15) is 49.9 Å². The molecule has 26 heavy (non-hydrogen) atoms. The number of rotatable bonds is 8. The fourth-order valence-corrected chi connectivity index (χ4v) is 3.02. The van der Waals surface area contributed by atoms with Crippen LogP contribution in [0.25, 0.3) is 0 Å². The molecule has 0 radical (unpaired) electrons. The third-order valence-electron chi connectivity index (χ3n) is 3.84. The molecule has 1 aromatic carbocycles. The van der Waals surface area contributed by atoms with Crippen molar-refractivity contribution in [3.63, 3.8) is 0 Å². The quantitative estimate of drug-likeness (QED) is 0.207. The molecular weight excluding hydrogens is 407 g/mol. The van der Waals surface area contributed by atoms with Gasteiger partial charge in [0, 0.05) is 0 Å². The molecule has 0 bridgehead atoms. The topological polar surface area (TPSA) is 89.9 Å². The summed E-state index contributed by atoms with van der Waals surface area (Å²) >= 11 is 17.8. The third-order valence-corrected chi connectivity index (χ3v) is 4.91. The minimum absolute atomic E-state index is 0.0595. The second kappa shape index (κ2) is 10.6. The molecule has 0 amide bonds. The lowest BCUT2D eigenvalue weighted by atomic mass is 9.98. The smallest absolute Gasteiger partial charge is 0.422 e. The van der Waals surface area contributed by atoms with Crippen molar-refractivity contribution in [2.45, 2.75) is 39.5 Å². The lowest BCUT2D eigenvalue weighted by Gasteiger charge is -2.14. The van der Waals surface area contributed by atoms with E-state index in [0.29, 0.717) is 12.3 Å². The summed E-state index contributed by atoms with van der Waals surface area (Å²) in [6, 6.07) is 1.14. The van der Waals surface area contributed by atoms with E-state index in [1.165, 1.54) is 0 Å². The number of halogens is 3. The van der Waals surface area contributed by atoms with Crippen LogP contribution in [0.15, 0.2) is 6.07 Å².